The number of fused-ring (bicyclic) bond motifs is 1. The highest BCUT2D eigenvalue weighted by Crippen LogP contribution is 2.37. The second-order valence-electron chi connectivity index (χ2n) is 7.97. The van der Waals surface area contributed by atoms with E-state index in [4.69, 9.17) is 0 Å². The second-order valence-corrected chi connectivity index (χ2v) is 8.83. The highest BCUT2D eigenvalue weighted by Gasteiger charge is 2.31. The van der Waals surface area contributed by atoms with Gasteiger partial charge in [0.05, 0.1) is 11.4 Å². The third-order valence-corrected chi connectivity index (χ3v) is 5.74. The zero-order valence-corrected chi connectivity index (χ0v) is 18.7. The van der Waals surface area contributed by atoms with Gasteiger partial charge in [0.2, 0.25) is 11.9 Å². The molecule has 3 N–H and O–H groups in total. The molecule has 0 radical (unpaired) electrons. The molecule has 0 saturated carbocycles. The highest BCUT2D eigenvalue weighted by molar-refractivity contribution is 9.10. The van der Waals surface area contributed by atoms with Gasteiger partial charge in [-0.2, -0.15) is 0 Å². The molecule has 1 aliphatic rings. The molecule has 0 saturated heterocycles. The maximum atomic E-state index is 11.1. The fraction of sp³-hybridized carbons (Fsp3) is 0.273. The first-order valence-electron chi connectivity index (χ1n) is 9.69. The third kappa shape index (κ3) is 4.28. The molecule has 3 aromatic rings. The van der Waals surface area contributed by atoms with Gasteiger partial charge < -0.3 is 16.0 Å². The summed E-state index contributed by atoms with van der Waals surface area (Å²) < 4.78 is 0.867. The number of hydrogen-bond acceptors (Lipinski definition) is 6. The Hall–Kier alpha value is -3.00. The third-order valence-electron chi connectivity index (χ3n) is 5.09. The molecule has 2 aromatic heterocycles. The van der Waals surface area contributed by atoms with Crippen molar-refractivity contribution in [2.75, 3.05) is 17.2 Å². The number of nitrogens with zero attached hydrogens (tertiary/aromatic N) is 3. The van der Waals surface area contributed by atoms with E-state index in [-0.39, 0.29) is 11.3 Å². The largest absolute Gasteiger partial charge is 0.369 e. The summed E-state index contributed by atoms with van der Waals surface area (Å²) in [7, 11) is 0. The van der Waals surface area contributed by atoms with E-state index >= 15 is 0 Å². The van der Waals surface area contributed by atoms with Crippen molar-refractivity contribution in [1.29, 1.82) is 0 Å². The van der Waals surface area contributed by atoms with Crippen molar-refractivity contribution in [1.82, 2.24) is 20.3 Å². The second kappa shape index (κ2) is 8.02. The van der Waals surface area contributed by atoms with E-state index in [1.54, 1.807) is 6.20 Å². The molecule has 1 aliphatic heterocycles. The summed E-state index contributed by atoms with van der Waals surface area (Å²) in [5, 5.41) is 9.40. The molecule has 154 valence electrons. The van der Waals surface area contributed by atoms with E-state index in [0.717, 1.165) is 39.3 Å². The number of carbonyl (C=O) groups is 1. The van der Waals surface area contributed by atoms with Crippen molar-refractivity contribution in [3.63, 3.8) is 0 Å². The quantitative estimate of drug-likeness (QED) is 0.516. The normalized spacial score (nSPS) is 14.0. The molecule has 30 heavy (non-hydrogen) atoms. The summed E-state index contributed by atoms with van der Waals surface area (Å²) in [5.41, 5.74) is 4.85. The fourth-order valence-corrected chi connectivity index (χ4v) is 3.88. The Morgan fingerprint density at radius 1 is 1.23 bits per heavy atom. The van der Waals surface area contributed by atoms with Crippen LogP contribution in [-0.4, -0.2) is 27.4 Å². The summed E-state index contributed by atoms with van der Waals surface area (Å²) >= 11 is 3.57. The lowest BCUT2D eigenvalue weighted by Crippen LogP contribution is -2.18. The Morgan fingerprint density at radius 3 is 2.83 bits per heavy atom. The van der Waals surface area contributed by atoms with Crippen LogP contribution in [-0.2, 0) is 16.8 Å². The lowest BCUT2D eigenvalue weighted by atomic mass is 9.87. The summed E-state index contributed by atoms with van der Waals surface area (Å²) in [6.45, 7) is 7.27. The number of amides is 1. The minimum absolute atomic E-state index is 0.0380. The summed E-state index contributed by atoms with van der Waals surface area (Å²) in [4.78, 5) is 24.7. The lowest BCUT2D eigenvalue weighted by Gasteiger charge is -2.17. The Bertz CT molecular complexity index is 1110. The van der Waals surface area contributed by atoms with Gasteiger partial charge in [-0.05, 0) is 45.8 Å². The van der Waals surface area contributed by atoms with Crippen LogP contribution >= 0.6 is 15.9 Å². The Morgan fingerprint density at radius 2 is 2.07 bits per heavy atom. The van der Waals surface area contributed by atoms with E-state index in [0.29, 0.717) is 12.5 Å². The standard InChI is InChI=1S/C22H23BrN6O/c1-13(30)25-10-14-4-5-19(17(23)8-14)29-21-24-7-6-18(28-21)15-9-16-20(26-11-15)27-12-22(16,2)3/h4-9,11H,10,12H2,1-3H3,(H,25,30)(H,26,27)(H,24,28,29). The van der Waals surface area contributed by atoms with Gasteiger partial charge in [0.1, 0.15) is 5.82 Å². The predicted molar refractivity (Wildman–Crippen MR) is 122 cm³/mol. The Kier molecular flexibility index (Phi) is 5.42. The van der Waals surface area contributed by atoms with Gasteiger partial charge in [-0.1, -0.05) is 19.9 Å². The SMILES string of the molecule is CC(=O)NCc1ccc(Nc2nccc(-c3cnc4c(c3)C(C)(C)CN4)n2)c(Br)c1. The van der Waals surface area contributed by atoms with Crippen LogP contribution < -0.4 is 16.0 Å². The fourth-order valence-electron chi connectivity index (χ4n) is 3.36. The van der Waals surface area contributed by atoms with Gasteiger partial charge in [0, 0.05) is 53.4 Å². The van der Waals surface area contributed by atoms with Gasteiger partial charge in [-0.25, -0.2) is 15.0 Å². The first-order chi connectivity index (χ1) is 14.3. The van der Waals surface area contributed by atoms with Crippen LogP contribution in [0.15, 0.2) is 47.2 Å². The molecular weight excluding hydrogens is 444 g/mol. The van der Waals surface area contributed by atoms with Crippen molar-refractivity contribution in [2.24, 2.45) is 0 Å². The van der Waals surface area contributed by atoms with E-state index in [1.165, 1.54) is 12.5 Å². The van der Waals surface area contributed by atoms with Crippen molar-refractivity contribution < 1.29 is 4.79 Å². The molecule has 0 atom stereocenters. The Labute approximate surface area is 183 Å². The number of benzene rings is 1. The van der Waals surface area contributed by atoms with Crippen molar-refractivity contribution >= 4 is 39.3 Å². The van der Waals surface area contributed by atoms with Gasteiger partial charge >= 0.3 is 0 Å². The minimum Gasteiger partial charge on any atom is -0.369 e. The number of anilines is 3. The highest BCUT2D eigenvalue weighted by atomic mass is 79.9. The molecule has 0 bridgehead atoms. The van der Waals surface area contributed by atoms with E-state index in [2.05, 4.69) is 66.7 Å². The van der Waals surface area contributed by atoms with Crippen molar-refractivity contribution in [3.05, 3.63) is 58.3 Å². The molecule has 4 rings (SSSR count). The van der Waals surface area contributed by atoms with E-state index < -0.39 is 0 Å². The van der Waals surface area contributed by atoms with Crippen LogP contribution in [0.4, 0.5) is 17.5 Å². The number of rotatable bonds is 5. The molecule has 0 unspecified atom stereocenters. The predicted octanol–water partition coefficient (Wildman–Crippen LogP) is 4.38. The lowest BCUT2D eigenvalue weighted by molar-refractivity contribution is -0.119. The maximum absolute atomic E-state index is 11.1. The summed E-state index contributed by atoms with van der Waals surface area (Å²) in [5.74, 6) is 1.39. The summed E-state index contributed by atoms with van der Waals surface area (Å²) in [6.07, 6.45) is 3.58. The molecule has 0 fully saturated rings. The Balaban J connectivity index is 1.56. The van der Waals surface area contributed by atoms with Crippen LogP contribution in [0.1, 0.15) is 31.9 Å². The zero-order chi connectivity index (χ0) is 21.3. The number of hydrogen-bond donors (Lipinski definition) is 3. The first kappa shape index (κ1) is 20.3. The molecule has 0 spiro atoms. The number of nitrogens with one attached hydrogen (secondary N) is 3. The van der Waals surface area contributed by atoms with Gasteiger partial charge in [0.15, 0.2) is 0 Å². The molecule has 8 heteroatoms. The van der Waals surface area contributed by atoms with Gasteiger partial charge in [0.25, 0.3) is 0 Å². The maximum Gasteiger partial charge on any atom is 0.227 e. The minimum atomic E-state index is -0.0567. The zero-order valence-electron chi connectivity index (χ0n) is 17.1. The van der Waals surface area contributed by atoms with Crippen LogP contribution in [0, 0.1) is 0 Å². The smallest absolute Gasteiger partial charge is 0.227 e. The van der Waals surface area contributed by atoms with Crippen LogP contribution in [0.5, 0.6) is 0 Å². The van der Waals surface area contributed by atoms with Crippen LogP contribution in [0.2, 0.25) is 0 Å². The summed E-state index contributed by atoms with van der Waals surface area (Å²) in [6, 6.07) is 9.88. The average Bonchev–Trinajstić information content (AvgIpc) is 3.03. The first-order valence-corrected chi connectivity index (χ1v) is 10.5. The molecule has 0 aliphatic carbocycles. The molecule has 7 nitrogen and oxygen atoms in total. The molecule has 3 heterocycles. The number of aromatic nitrogens is 3. The van der Waals surface area contributed by atoms with E-state index in [1.807, 2.05) is 30.5 Å². The van der Waals surface area contributed by atoms with Gasteiger partial charge in [-0.15, -0.1) is 0 Å². The topological polar surface area (TPSA) is 91.8 Å². The van der Waals surface area contributed by atoms with Crippen LogP contribution in [0.25, 0.3) is 11.3 Å². The number of halogens is 1. The van der Waals surface area contributed by atoms with Gasteiger partial charge in [-0.3, -0.25) is 4.79 Å². The van der Waals surface area contributed by atoms with Crippen molar-refractivity contribution in [2.45, 2.75) is 32.7 Å². The van der Waals surface area contributed by atoms with E-state index in [9.17, 15) is 4.79 Å². The molecule has 1 amide bonds. The van der Waals surface area contributed by atoms with Crippen molar-refractivity contribution in [3.8, 4) is 11.3 Å². The van der Waals surface area contributed by atoms with Crippen LogP contribution in [0.3, 0.4) is 0 Å². The average molecular weight is 467 g/mol. The number of carbonyl (C=O) groups excluding carboxylic acids is 1. The molecule has 1 aromatic carbocycles. The molecular formula is C22H23BrN6O. The monoisotopic (exact) mass is 466 g/mol. The number of pyridine rings is 1.